The van der Waals surface area contributed by atoms with E-state index in [-0.39, 0.29) is 5.69 Å². The van der Waals surface area contributed by atoms with Crippen LogP contribution in [0.4, 0.5) is 5.69 Å². The van der Waals surface area contributed by atoms with Gasteiger partial charge in [0.25, 0.3) is 5.91 Å². The van der Waals surface area contributed by atoms with E-state index in [1.165, 1.54) is 20.3 Å². The van der Waals surface area contributed by atoms with Crippen molar-refractivity contribution in [2.24, 2.45) is 5.10 Å². The Hall–Kier alpha value is -4.11. The van der Waals surface area contributed by atoms with E-state index >= 15 is 0 Å². The molecule has 0 aliphatic heterocycles. The predicted octanol–water partition coefficient (Wildman–Crippen LogP) is 3.93. The van der Waals surface area contributed by atoms with Gasteiger partial charge >= 0.3 is 0 Å². The van der Waals surface area contributed by atoms with E-state index < -0.39 is 22.5 Å². The lowest BCUT2D eigenvalue weighted by molar-refractivity contribution is -0.119. The van der Waals surface area contributed by atoms with Gasteiger partial charge in [0.1, 0.15) is 6.54 Å². The van der Waals surface area contributed by atoms with Crippen LogP contribution in [0.1, 0.15) is 5.56 Å². The Balaban J connectivity index is 1.59. The Morgan fingerprint density at radius 3 is 2.09 bits per heavy atom. The van der Waals surface area contributed by atoms with Gasteiger partial charge in [-0.1, -0.05) is 48.5 Å². The third-order valence-corrected chi connectivity index (χ3v) is 6.68. The van der Waals surface area contributed by atoms with Crippen molar-refractivity contribution >= 4 is 49.4 Å². The fourth-order valence-corrected chi connectivity index (χ4v) is 4.75. The quantitative estimate of drug-likeness (QED) is 0.229. The molecule has 4 rings (SSSR count). The molecule has 8 nitrogen and oxygen atoms in total. The standard InChI is InChI=1S/C26H25N3O5S/c1-33-24-13-12-20(15-25(24)34-2)29(35(3,31)32)17-26(30)28-27-16-23-21-10-6-4-8-18(21)14-19-9-5-7-11-22(19)23/h4-16H,17H2,1-3H3,(H,28,30)/b27-16-. The third-order valence-electron chi connectivity index (χ3n) is 5.54. The second-order valence-electron chi connectivity index (χ2n) is 7.83. The van der Waals surface area contributed by atoms with E-state index in [0.717, 1.165) is 37.7 Å². The number of benzene rings is 4. The van der Waals surface area contributed by atoms with Gasteiger partial charge in [0.15, 0.2) is 11.5 Å². The summed E-state index contributed by atoms with van der Waals surface area (Å²) in [7, 11) is -0.836. The van der Waals surface area contributed by atoms with Gasteiger partial charge < -0.3 is 9.47 Å². The summed E-state index contributed by atoms with van der Waals surface area (Å²) < 4.78 is 36.3. The maximum Gasteiger partial charge on any atom is 0.260 e. The van der Waals surface area contributed by atoms with Gasteiger partial charge in [-0.3, -0.25) is 9.10 Å². The molecule has 1 amide bonds. The summed E-state index contributed by atoms with van der Waals surface area (Å²) in [6, 6.07) is 22.6. The molecule has 1 N–H and O–H groups in total. The topological polar surface area (TPSA) is 97.3 Å². The molecule has 35 heavy (non-hydrogen) atoms. The Labute approximate surface area is 203 Å². The predicted molar refractivity (Wildman–Crippen MR) is 139 cm³/mol. The first-order valence-corrected chi connectivity index (χ1v) is 12.6. The molecule has 4 aromatic carbocycles. The Kier molecular flexibility index (Phi) is 6.88. The van der Waals surface area contributed by atoms with Crippen molar-refractivity contribution in [1.29, 1.82) is 0 Å². The largest absolute Gasteiger partial charge is 0.493 e. The molecular formula is C26H25N3O5S. The van der Waals surface area contributed by atoms with Crippen molar-refractivity contribution < 1.29 is 22.7 Å². The number of methoxy groups -OCH3 is 2. The molecule has 4 aromatic rings. The minimum Gasteiger partial charge on any atom is -0.493 e. The summed E-state index contributed by atoms with van der Waals surface area (Å²) in [4.78, 5) is 12.7. The number of carbonyl (C=O) groups excluding carboxylic acids is 1. The number of sulfonamides is 1. The molecule has 0 bridgehead atoms. The van der Waals surface area contributed by atoms with E-state index in [1.54, 1.807) is 18.3 Å². The lowest BCUT2D eigenvalue weighted by Crippen LogP contribution is -2.39. The minimum atomic E-state index is -3.77. The van der Waals surface area contributed by atoms with Gasteiger partial charge in [0, 0.05) is 11.6 Å². The van der Waals surface area contributed by atoms with E-state index in [0.29, 0.717) is 11.5 Å². The van der Waals surface area contributed by atoms with Crippen LogP contribution in [-0.2, 0) is 14.8 Å². The summed E-state index contributed by atoms with van der Waals surface area (Å²) in [5, 5.41) is 8.23. The summed E-state index contributed by atoms with van der Waals surface area (Å²) in [6.07, 6.45) is 2.62. The molecule has 9 heteroatoms. The van der Waals surface area contributed by atoms with Crippen LogP contribution in [0.25, 0.3) is 21.5 Å². The van der Waals surface area contributed by atoms with Crippen molar-refractivity contribution in [1.82, 2.24) is 5.43 Å². The number of rotatable bonds is 8. The van der Waals surface area contributed by atoms with Crippen molar-refractivity contribution in [2.75, 3.05) is 31.3 Å². The Morgan fingerprint density at radius 2 is 1.51 bits per heavy atom. The normalized spacial score (nSPS) is 11.6. The summed E-state index contributed by atoms with van der Waals surface area (Å²) >= 11 is 0. The maximum atomic E-state index is 12.7. The average molecular weight is 492 g/mol. The van der Waals surface area contributed by atoms with Crippen molar-refractivity contribution in [3.8, 4) is 11.5 Å². The van der Waals surface area contributed by atoms with Crippen LogP contribution >= 0.6 is 0 Å². The zero-order valence-electron chi connectivity index (χ0n) is 19.6. The summed E-state index contributed by atoms with van der Waals surface area (Å²) in [5.41, 5.74) is 3.58. The highest BCUT2D eigenvalue weighted by Gasteiger charge is 2.22. The molecule has 180 valence electrons. The van der Waals surface area contributed by atoms with E-state index in [1.807, 2.05) is 48.5 Å². The van der Waals surface area contributed by atoms with Gasteiger partial charge in [-0.2, -0.15) is 5.10 Å². The molecule has 0 saturated heterocycles. The van der Waals surface area contributed by atoms with Gasteiger partial charge in [-0.15, -0.1) is 0 Å². The van der Waals surface area contributed by atoms with Gasteiger partial charge in [0.2, 0.25) is 10.0 Å². The second kappa shape index (κ2) is 10.0. The number of fused-ring (bicyclic) bond motifs is 2. The molecule has 0 saturated carbocycles. The number of hydrogen-bond acceptors (Lipinski definition) is 6. The molecule has 0 radical (unpaired) electrons. The van der Waals surface area contributed by atoms with Gasteiger partial charge in [0.05, 0.1) is 32.4 Å². The van der Waals surface area contributed by atoms with Crippen LogP contribution in [0.5, 0.6) is 11.5 Å². The number of carbonyl (C=O) groups is 1. The Morgan fingerprint density at radius 1 is 0.914 bits per heavy atom. The molecule has 0 aliphatic carbocycles. The van der Waals surface area contributed by atoms with Crippen LogP contribution in [-0.4, -0.2) is 47.6 Å². The van der Waals surface area contributed by atoms with Crippen molar-refractivity contribution in [3.63, 3.8) is 0 Å². The molecule has 0 atom stereocenters. The van der Waals surface area contributed by atoms with E-state index in [2.05, 4.69) is 16.6 Å². The SMILES string of the molecule is COc1ccc(N(CC(=O)N/N=C\c2c3ccccc3cc3ccccc23)S(C)(=O)=O)cc1OC. The van der Waals surface area contributed by atoms with Crippen LogP contribution in [0.15, 0.2) is 77.9 Å². The molecule has 0 aromatic heterocycles. The average Bonchev–Trinajstić information content (AvgIpc) is 2.85. The monoisotopic (exact) mass is 491 g/mol. The number of nitrogens with zero attached hydrogens (tertiary/aromatic N) is 2. The zero-order valence-corrected chi connectivity index (χ0v) is 20.4. The maximum absolute atomic E-state index is 12.7. The molecule has 0 fully saturated rings. The highest BCUT2D eigenvalue weighted by atomic mass is 32.2. The fraction of sp³-hybridized carbons (Fsp3) is 0.154. The zero-order chi connectivity index (χ0) is 25.0. The smallest absolute Gasteiger partial charge is 0.260 e. The van der Waals surface area contributed by atoms with Crippen LogP contribution < -0.4 is 19.2 Å². The second-order valence-corrected chi connectivity index (χ2v) is 9.74. The number of amides is 1. The Bertz CT molecular complexity index is 1480. The van der Waals surface area contributed by atoms with Crippen molar-refractivity contribution in [3.05, 3.63) is 78.4 Å². The summed E-state index contributed by atoms with van der Waals surface area (Å²) in [6.45, 7) is -0.456. The first kappa shape index (κ1) is 24.0. The molecular weight excluding hydrogens is 466 g/mol. The van der Waals surface area contributed by atoms with Gasteiger partial charge in [-0.25, -0.2) is 13.8 Å². The van der Waals surface area contributed by atoms with E-state index in [9.17, 15) is 13.2 Å². The van der Waals surface area contributed by atoms with Crippen molar-refractivity contribution in [2.45, 2.75) is 0 Å². The number of anilines is 1. The van der Waals surface area contributed by atoms with Crippen LogP contribution in [0.3, 0.4) is 0 Å². The van der Waals surface area contributed by atoms with E-state index in [4.69, 9.17) is 9.47 Å². The van der Waals surface area contributed by atoms with Gasteiger partial charge in [-0.05, 0) is 39.7 Å². The number of hydrogen-bond donors (Lipinski definition) is 1. The lowest BCUT2D eigenvalue weighted by atomic mass is 9.97. The minimum absolute atomic E-state index is 0.268. The molecule has 0 heterocycles. The molecule has 0 unspecified atom stereocenters. The number of hydrazone groups is 1. The molecule has 0 spiro atoms. The summed E-state index contributed by atoms with van der Waals surface area (Å²) in [5.74, 6) is 0.201. The number of nitrogens with one attached hydrogen (secondary N) is 1. The first-order chi connectivity index (χ1) is 16.8. The van der Waals surface area contributed by atoms with Crippen LogP contribution in [0.2, 0.25) is 0 Å². The highest BCUT2D eigenvalue weighted by molar-refractivity contribution is 7.92. The van der Waals surface area contributed by atoms with Crippen LogP contribution in [0, 0.1) is 0 Å². The molecule has 0 aliphatic rings. The number of ether oxygens (including phenoxy) is 2. The lowest BCUT2D eigenvalue weighted by Gasteiger charge is -2.22. The fourth-order valence-electron chi connectivity index (χ4n) is 3.90. The highest BCUT2D eigenvalue weighted by Crippen LogP contribution is 2.32. The first-order valence-electron chi connectivity index (χ1n) is 10.7. The third kappa shape index (κ3) is 5.20.